The van der Waals surface area contributed by atoms with E-state index in [9.17, 15) is 9.90 Å². The minimum absolute atomic E-state index is 0.165. The molecule has 6 aromatic rings. The molecule has 1 saturated heterocycles. The van der Waals surface area contributed by atoms with Crippen molar-refractivity contribution in [2.75, 3.05) is 25.0 Å². The van der Waals surface area contributed by atoms with Crippen molar-refractivity contribution in [1.29, 1.82) is 0 Å². The van der Waals surface area contributed by atoms with Gasteiger partial charge in [0.25, 0.3) is 5.91 Å². The number of carbonyl (C=O) groups excluding carboxylic acids is 1. The van der Waals surface area contributed by atoms with Crippen LogP contribution in [0.3, 0.4) is 0 Å². The molecule has 0 bridgehead atoms. The largest absolute Gasteiger partial charge is 0.394 e. The molecule has 1 amide bonds. The van der Waals surface area contributed by atoms with Crippen molar-refractivity contribution in [2.24, 2.45) is 0 Å². The summed E-state index contributed by atoms with van der Waals surface area (Å²) in [5, 5.41) is 13.4. The molecule has 2 N–H and O–H groups in total. The Hall–Kier alpha value is -5.22. The number of imidazole rings is 1. The third kappa shape index (κ3) is 5.27. The first-order valence-electron chi connectivity index (χ1n) is 14.9. The molecule has 224 valence electrons. The fourth-order valence-electron chi connectivity index (χ4n) is 6.35. The average molecular weight is 597 g/mol. The Labute approximate surface area is 260 Å². The number of carbonyl (C=O) groups is 1. The zero-order valence-corrected chi connectivity index (χ0v) is 24.5. The highest BCUT2D eigenvalue weighted by Crippen LogP contribution is 2.44. The van der Waals surface area contributed by atoms with E-state index >= 15 is 0 Å². The van der Waals surface area contributed by atoms with Gasteiger partial charge >= 0.3 is 0 Å². The van der Waals surface area contributed by atoms with E-state index in [-0.39, 0.29) is 12.5 Å². The van der Waals surface area contributed by atoms with Crippen LogP contribution in [0.4, 0.5) is 5.82 Å². The molecule has 1 aliphatic heterocycles. The monoisotopic (exact) mass is 596 g/mol. The number of ether oxygens (including phenoxy) is 1. The van der Waals surface area contributed by atoms with Crippen LogP contribution in [0.2, 0.25) is 0 Å². The predicted octanol–water partition coefficient (Wildman–Crippen LogP) is 5.26. The Morgan fingerprint density at radius 2 is 1.33 bits per heavy atom. The van der Waals surface area contributed by atoms with Gasteiger partial charge in [-0.3, -0.25) is 14.3 Å². The first kappa shape index (κ1) is 28.5. The van der Waals surface area contributed by atoms with E-state index < -0.39 is 17.9 Å². The minimum Gasteiger partial charge on any atom is -0.394 e. The summed E-state index contributed by atoms with van der Waals surface area (Å²) in [5.74, 6) is 0.0233. The fraction of sp³-hybridized carbons (Fsp3) is 0.167. The number of nitrogens with one attached hydrogen (secondary N) is 1. The summed E-state index contributed by atoms with van der Waals surface area (Å²) in [7, 11) is 0. The number of anilines is 1. The smallest absolute Gasteiger partial charge is 0.256 e. The number of rotatable bonds is 8. The second-order valence-electron chi connectivity index (χ2n) is 11.0. The van der Waals surface area contributed by atoms with Crippen LogP contribution in [-0.2, 0) is 10.3 Å². The van der Waals surface area contributed by atoms with E-state index in [0.29, 0.717) is 35.6 Å². The van der Waals surface area contributed by atoms with Crippen LogP contribution < -0.4 is 5.32 Å². The van der Waals surface area contributed by atoms with Crippen LogP contribution in [0.25, 0.3) is 11.2 Å². The Morgan fingerprint density at radius 3 is 1.89 bits per heavy atom. The van der Waals surface area contributed by atoms with E-state index in [1.165, 1.54) is 6.33 Å². The summed E-state index contributed by atoms with van der Waals surface area (Å²) in [6, 6.07) is 40.3. The lowest BCUT2D eigenvalue weighted by atomic mass is 9.75. The van der Waals surface area contributed by atoms with E-state index in [2.05, 4.69) is 98.0 Å². The quantitative estimate of drug-likeness (QED) is 0.231. The average Bonchev–Trinajstić information content (AvgIpc) is 3.56. The van der Waals surface area contributed by atoms with Crippen molar-refractivity contribution < 1.29 is 14.6 Å². The standard InChI is InChI=1S/C36H32N6O3/c43-23-30-21-41(36(27-15-7-2-8-16-27,28-17-9-3-10-18-28)29-19-11-4-12-20-29)22-31(45-30)42-25-39-32-33(37-24-38-34(32)42)40-35(44)26-13-5-1-6-14-26/h1-20,24-25,30-31,43H,21-23H2,(H,37,38,40,44)/t30-,31+/m1/s1. The molecule has 1 aliphatic rings. The third-order valence-electron chi connectivity index (χ3n) is 8.34. The lowest BCUT2D eigenvalue weighted by Crippen LogP contribution is -2.57. The molecule has 1 fully saturated rings. The van der Waals surface area contributed by atoms with E-state index in [1.54, 1.807) is 18.5 Å². The maximum absolute atomic E-state index is 12.9. The van der Waals surface area contributed by atoms with Gasteiger partial charge in [0.05, 0.1) is 24.6 Å². The molecule has 0 saturated carbocycles. The lowest BCUT2D eigenvalue weighted by molar-refractivity contribution is -0.148. The first-order valence-corrected chi connectivity index (χ1v) is 14.9. The molecular weight excluding hydrogens is 564 g/mol. The number of fused-ring (bicyclic) bond motifs is 1. The second-order valence-corrected chi connectivity index (χ2v) is 11.0. The molecule has 2 atom stereocenters. The number of nitrogens with zero attached hydrogens (tertiary/aromatic N) is 5. The van der Waals surface area contributed by atoms with Crippen molar-refractivity contribution in [3.05, 3.63) is 156 Å². The summed E-state index contributed by atoms with van der Waals surface area (Å²) in [4.78, 5) is 28.8. The molecule has 0 spiro atoms. The number of hydrogen-bond acceptors (Lipinski definition) is 7. The predicted molar refractivity (Wildman–Crippen MR) is 171 cm³/mol. The van der Waals surface area contributed by atoms with Crippen LogP contribution in [0.1, 0.15) is 33.3 Å². The van der Waals surface area contributed by atoms with Crippen molar-refractivity contribution >= 4 is 22.9 Å². The lowest BCUT2D eigenvalue weighted by Gasteiger charge is -2.50. The number of morpholine rings is 1. The number of aliphatic hydroxyl groups is 1. The maximum Gasteiger partial charge on any atom is 0.256 e. The van der Waals surface area contributed by atoms with Crippen molar-refractivity contribution in [3.63, 3.8) is 0 Å². The number of hydrogen-bond donors (Lipinski definition) is 2. The molecule has 9 heteroatoms. The zero-order valence-electron chi connectivity index (χ0n) is 24.5. The number of aliphatic hydroxyl groups excluding tert-OH is 1. The van der Waals surface area contributed by atoms with Gasteiger partial charge in [-0.05, 0) is 28.8 Å². The van der Waals surface area contributed by atoms with Crippen molar-refractivity contribution in [3.8, 4) is 0 Å². The Balaban J connectivity index is 1.32. The highest BCUT2D eigenvalue weighted by Gasteiger charge is 2.46. The Kier molecular flexibility index (Phi) is 7.87. The van der Waals surface area contributed by atoms with E-state index in [4.69, 9.17) is 4.74 Å². The molecule has 3 heterocycles. The van der Waals surface area contributed by atoms with Crippen LogP contribution >= 0.6 is 0 Å². The van der Waals surface area contributed by atoms with Gasteiger partial charge in [0.15, 0.2) is 17.0 Å². The number of amides is 1. The third-order valence-corrected chi connectivity index (χ3v) is 8.34. The molecule has 4 aromatic carbocycles. The van der Waals surface area contributed by atoms with Gasteiger partial charge < -0.3 is 15.2 Å². The molecule has 0 radical (unpaired) electrons. The molecule has 45 heavy (non-hydrogen) atoms. The molecular formula is C36H32N6O3. The van der Waals surface area contributed by atoms with Gasteiger partial charge in [-0.25, -0.2) is 15.0 Å². The summed E-state index contributed by atoms with van der Waals surface area (Å²) < 4.78 is 8.35. The summed E-state index contributed by atoms with van der Waals surface area (Å²) in [5.41, 5.74) is 4.08. The van der Waals surface area contributed by atoms with Gasteiger partial charge in [0, 0.05) is 18.7 Å². The summed E-state index contributed by atoms with van der Waals surface area (Å²) >= 11 is 0. The molecule has 7 rings (SSSR count). The normalized spacial score (nSPS) is 17.3. The highest BCUT2D eigenvalue weighted by molar-refractivity contribution is 6.06. The molecule has 2 aromatic heterocycles. The number of benzene rings is 4. The summed E-state index contributed by atoms with van der Waals surface area (Å²) in [6.45, 7) is 0.767. The minimum atomic E-state index is -0.695. The molecule has 0 aliphatic carbocycles. The molecule has 9 nitrogen and oxygen atoms in total. The number of aromatic nitrogens is 4. The van der Waals surface area contributed by atoms with E-state index in [1.807, 2.05) is 41.0 Å². The van der Waals surface area contributed by atoms with Gasteiger partial charge in [-0.1, -0.05) is 109 Å². The topological polar surface area (TPSA) is 105 Å². The van der Waals surface area contributed by atoms with Gasteiger partial charge in [-0.15, -0.1) is 0 Å². The second kappa shape index (κ2) is 12.4. The van der Waals surface area contributed by atoms with Gasteiger partial charge in [-0.2, -0.15) is 0 Å². The molecule has 0 unspecified atom stereocenters. The maximum atomic E-state index is 12.9. The van der Waals surface area contributed by atoms with E-state index in [0.717, 1.165) is 16.7 Å². The van der Waals surface area contributed by atoms with Crippen LogP contribution in [0.15, 0.2) is 134 Å². The van der Waals surface area contributed by atoms with Crippen LogP contribution in [0, 0.1) is 0 Å². The first-order chi connectivity index (χ1) is 22.2. The van der Waals surface area contributed by atoms with Crippen LogP contribution in [-0.4, -0.2) is 61.2 Å². The van der Waals surface area contributed by atoms with Crippen molar-refractivity contribution in [2.45, 2.75) is 17.9 Å². The Bertz CT molecular complexity index is 1790. The van der Waals surface area contributed by atoms with Gasteiger partial charge in [0.1, 0.15) is 12.6 Å². The van der Waals surface area contributed by atoms with Crippen molar-refractivity contribution in [1.82, 2.24) is 24.4 Å². The SMILES string of the molecule is O=C(Nc1ncnc2c1ncn2[C@@H]1CN(C(c2ccccc2)(c2ccccc2)c2ccccc2)C[C@H](CO)O1)c1ccccc1. The Morgan fingerprint density at radius 1 is 0.778 bits per heavy atom. The van der Waals surface area contributed by atoms with Crippen LogP contribution in [0.5, 0.6) is 0 Å². The van der Waals surface area contributed by atoms with Gasteiger partial charge in [0.2, 0.25) is 0 Å². The summed E-state index contributed by atoms with van der Waals surface area (Å²) in [6.07, 6.45) is 2.03. The highest BCUT2D eigenvalue weighted by atomic mass is 16.5. The zero-order chi connectivity index (χ0) is 30.6. The fourth-order valence-corrected chi connectivity index (χ4v) is 6.35.